The fourth-order valence-electron chi connectivity index (χ4n) is 2.50. The fraction of sp³-hybridized carbons (Fsp3) is 0.250. The van der Waals surface area contributed by atoms with Crippen molar-refractivity contribution >= 4 is 12.0 Å². The van der Waals surface area contributed by atoms with Crippen LogP contribution in [0.15, 0.2) is 48.5 Å². The first kappa shape index (κ1) is 17.6. The average Bonchev–Trinajstić information content (AvgIpc) is 2.62. The van der Waals surface area contributed by atoms with Crippen LogP contribution < -0.4 is 14.8 Å². The highest BCUT2D eigenvalue weighted by atomic mass is 16.5. The van der Waals surface area contributed by atoms with Crippen molar-refractivity contribution in [1.29, 1.82) is 0 Å². The monoisotopic (exact) mass is 325 g/mol. The molecule has 0 atom stereocenters. The zero-order chi connectivity index (χ0) is 17.4. The van der Waals surface area contributed by atoms with Gasteiger partial charge in [0.05, 0.1) is 14.2 Å². The molecule has 0 aliphatic rings. The van der Waals surface area contributed by atoms with Crippen molar-refractivity contribution in [2.45, 2.75) is 13.3 Å². The lowest BCUT2D eigenvalue weighted by Crippen LogP contribution is -2.25. The van der Waals surface area contributed by atoms with Gasteiger partial charge in [-0.05, 0) is 31.0 Å². The number of hydrogen-bond donors (Lipinski definition) is 1. The molecule has 4 nitrogen and oxygen atoms in total. The summed E-state index contributed by atoms with van der Waals surface area (Å²) < 4.78 is 10.7. The molecule has 0 aliphatic carbocycles. The zero-order valence-corrected chi connectivity index (χ0v) is 14.3. The van der Waals surface area contributed by atoms with E-state index in [1.165, 1.54) is 5.56 Å². The summed E-state index contributed by atoms with van der Waals surface area (Å²) in [5.41, 5.74) is 2.56. The van der Waals surface area contributed by atoms with Gasteiger partial charge in [-0.1, -0.05) is 42.5 Å². The minimum absolute atomic E-state index is 0.127. The lowest BCUT2D eigenvalue weighted by molar-refractivity contribution is 0.0953. The number of allylic oxidation sites excluding steroid dienone is 1. The van der Waals surface area contributed by atoms with Gasteiger partial charge in [0.1, 0.15) is 0 Å². The summed E-state index contributed by atoms with van der Waals surface area (Å²) in [7, 11) is 3.15. The van der Waals surface area contributed by atoms with Crippen molar-refractivity contribution in [3.63, 3.8) is 0 Å². The van der Waals surface area contributed by atoms with Gasteiger partial charge >= 0.3 is 0 Å². The topological polar surface area (TPSA) is 47.6 Å². The molecule has 0 heterocycles. The quantitative estimate of drug-likeness (QED) is 0.844. The van der Waals surface area contributed by atoms with Crippen LogP contribution in [0.4, 0.5) is 0 Å². The first-order valence-corrected chi connectivity index (χ1v) is 7.90. The Morgan fingerprint density at radius 2 is 1.88 bits per heavy atom. The molecule has 0 fully saturated rings. The Balaban J connectivity index is 2.12. The van der Waals surface area contributed by atoms with E-state index < -0.39 is 0 Å². The Bertz CT molecular complexity index is 708. The molecule has 0 aromatic heterocycles. The van der Waals surface area contributed by atoms with E-state index in [2.05, 4.69) is 5.32 Å². The third kappa shape index (κ3) is 4.38. The van der Waals surface area contributed by atoms with Crippen molar-refractivity contribution < 1.29 is 14.3 Å². The number of carbonyl (C=O) groups excluding carboxylic acids is 1. The van der Waals surface area contributed by atoms with Gasteiger partial charge in [-0.15, -0.1) is 0 Å². The first-order chi connectivity index (χ1) is 11.7. The highest BCUT2D eigenvalue weighted by molar-refractivity contribution is 5.96. The Labute approximate surface area is 143 Å². The third-order valence-corrected chi connectivity index (χ3v) is 3.66. The SMILES string of the molecule is C/C=C/c1cc(C(=O)NCCc2ccccc2)cc(OC)c1OC. The number of nitrogens with one attached hydrogen (secondary N) is 1. The van der Waals surface area contributed by atoms with E-state index in [-0.39, 0.29) is 5.91 Å². The van der Waals surface area contributed by atoms with Crippen molar-refractivity contribution in [3.05, 3.63) is 65.2 Å². The van der Waals surface area contributed by atoms with Gasteiger partial charge in [-0.25, -0.2) is 0 Å². The van der Waals surface area contributed by atoms with E-state index in [1.807, 2.05) is 49.4 Å². The molecule has 0 spiro atoms. The highest BCUT2D eigenvalue weighted by Gasteiger charge is 2.14. The highest BCUT2D eigenvalue weighted by Crippen LogP contribution is 2.33. The van der Waals surface area contributed by atoms with Crippen molar-refractivity contribution in [1.82, 2.24) is 5.32 Å². The predicted octanol–water partition coefficient (Wildman–Crippen LogP) is 3.71. The van der Waals surface area contributed by atoms with Crippen LogP contribution in [0.3, 0.4) is 0 Å². The van der Waals surface area contributed by atoms with Crippen LogP contribution in [0.2, 0.25) is 0 Å². The summed E-state index contributed by atoms with van der Waals surface area (Å²) in [6.45, 7) is 2.49. The van der Waals surface area contributed by atoms with Gasteiger partial charge in [0.15, 0.2) is 11.5 Å². The Morgan fingerprint density at radius 3 is 2.50 bits per heavy atom. The van der Waals surface area contributed by atoms with Gasteiger partial charge in [-0.3, -0.25) is 4.79 Å². The predicted molar refractivity (Wildman–Crippen MR) is 96.7 cm³/mol. The maximum atomic E-state index is 12.4. The van der Waals surface area contributed by atoms with Crippen LogP contribution in [0, 0.1) is 0 Å². The molecule has 0 aliphatic heterocycles. The maximum absolute atomic E-state index is 12.4. The molecule has 2 aromatic carbocycles. The summed E-state index contributed by atoms with van der Waals surface area (Å²) in [6.07, 6.45) is 4.58. The molecule has 1 amide bonds. The lowest BCUT2D eigenvalue weighted by atomic mass is 10.1. The Hall–Kier alpha value is -2.75. The number of benzene rings is 2. The van der Waals surface area contributed by atoms with Crippen LogP contribution in [-0.2, 0) is 6.42 Å². The summed E-state index contributed by atoms with van der Waals surface area (Å²) in [4.78, 5) is 12.4. The normalized spacial score (nSPS) is 10.6. The molecule has 0 radical (unpaired) electrons. The minimum atomic E-state index is -0.127. The molecule has 126 valence electrons. The molecule has 0 bridgehead atoms. The summed E-state index contributed by atoms with van der Waals surface area (Å²) in [5, 5.41) is 2.95. The molecule has 0 saturated carbocycles. The second kappa shape index (κ2) is 8.77. The Kier molecular flexibility index (Phi) is 6.43. The van der Waals surface area contributed by atoms with Gasteiger partial charge in [0.2, 0.25) is 0 Å². The second-order valence-corrected chi connectivity index (χ2v) is 5.29. The van der Waals surface area contributed by atoms with Gasteiger partial charge < -0.3 is 14.8 Å². The molecule has 4 heteroatoms. The zero-order valence-electron chi connectivity index (χ0n) is 14.3. The molecule has 0 unspecified atom stereocenters. The van der Waals surface area contributed by atoms with Gasteiger partial charge in [-0.2, -0.15) is 0 Å². The summed E-state index contributed by atoms with van der Waals surface area (Å²) >= 11 is 0. The van der Waals surface area contributed by atoms with Gasteiger partial charge in [0.25, 0.3) is 5.91 Å². The number of carbonyl (C=O) groups is 1. The molecule has 0 saturated heterocycles. The Morgan fingerprint density at radius 1 is 1.12 bits per heavy atom. The van der Waals surface area contributed by atoms with E-state index in [4.69, 9.17) is 9.47 Å². The average molecular weight is 325 g/mol. The fourth-order valence-corrected chi connectivity index (χ4v) is 2.50. The third-order valence-electron chi connectivity index (χ3n) is 3.66. The maximum Gasteiger partial charge on any atom is 0.251 e. The van der Waals surface area contributed by atoms with Crippen molar-refractivity contribution in [2.75, 3.05) is 20.8 Å². The number of hydrogen-bond acceptors (Lipinski definition) is 3. The van der Waals surface area contributed by atoms with Crippen LogP contribution in [0.5, 0.6) is 11.5 Å². The van der Waals surface area contributed by atoms with E-state index in [9.17, 15) is 4.79 Å². The smallest absolute Gasteiger partial charge is 0.251 e. The van der Waals surface area contributed by atoms with E-state index >= 15 is 0 Å². The molecule has 1 N–H and O–H groups in total. The van der Waals surface area contributed by atoms with Crippen molar-refractivity contribution in [2.24, 2.45) is 0 Å². The number of amides is 1. The number of rotatable bonds is 7. The summed E-state index contributed by atoms with van der Waals surface area (Å²) in [5.74, 6) is 1.04. The van der Waals surface area contributed by atoms with E-state index in [0.717, 1.165) is 12.0 Å². The molecule has 2 rings (SSSR count). The standard InChI is InChI=1S/C20H23NO3/c1-4-8-16-13-17(14-18(23-2)19(16)24-3)20(22)21-12-11-15-9-6-5-7-10-15/h4-10,13-14H,11-12H2,1-3H3,(H,21,22)/b8-4+. The summed E-state index contributed by atoms with van der Waals surface area (Å²) in [6, 6.07) is 13.6. The first-order valence-electron chi connectivity index (χ1n) is 7.90. The van der Waals surface area contributed by atoms with E-state index in [0.29, 0.717) is 23.6 Å². The minimum Gasteiger partial charge on any atom is -0.493 e. The van der Waals surface area contributed by atoms with Gasteiger partial charge in [0, 0.05) is 17.7 Å². The largest absolute Gasteiger partial charge is 0.493 e. The van der Waals surface area contributed by atoms with Crippen molar-refractivity contribution in [3.8, 4) is 11.5 Å². The van der Waals surface area contributed by atoms with Crippen LogP contribution in [0.1, 0.15) is 28.4 Å². The second-order valence-electron chi connectivity index (χ2n) is 5.29. The van der Waals surface area contributed by atoms with Crippen LogP contribution in [-0.4, -0.2) is 26.7 Å². The van der Waals surface area contributed by atoms with Crippen LogP contribution in [0.25, 0.3) is 6.08 Å². The number of ether oxygens (including phenoxy) is 2. The van der Waals surface area contributed by atoms with E-state index in [1.54, 1.807) is 26.4 Å². The number of methoxy groups -OCH3 is 2. The molecular weight excluding hydrogens is 302 g/mol. The molecule has 2 aromatic rings. The molecule has 24 heavy (non-hydrogen) atoms. The lowest BCUT2D eigenvalue weighted by Gasteiger charge is -2.13. The molecular formula is C20H23NO3. The van der Waals surface area contributed by atoms with Crippen LogP contribution >= 0.6 is 0 Å².